The fourth-order valence-corrected chi connectivity index (χ4v) is 4.76. The van der Waals surface area contributed by atoms with Gasteiger partial charge in [-0.15, -0.1) is 0 Å². The van der Waals surface area contributed by atoms with Gasteiger partial charge in [-0.1, -0.05) is 78.3 Å². The molecule has 0 radical (unpaired) electrons. The zero-order valence-electron chi connectivity index (χ0n) is 14.0. The second-order valence-electron chi connectivity index (χ2n) is 6.98. The number of halogens is 1. The summed E-state index contributed by atoms with van der Waals surface area (Å²) in [4.78, 5) is 0. The second kappa shape index (κ2) is 5.89. The highest BCUT2D eigenvalue weighted by atomic mass is 35.5. The van der Waals surface area contributed by atoms with Crippen molar-refractivity contribution >= 4 is 33.1 Å². The van der Waals surface area contributed by atoms with E-state index in [1.54, 1.807) is 0 Å². The lowest BCUT2D eigenvalue weighted by Gasteiger charge is -2.28. The minimum Gasteiger partial charge on any atom is -0.0840 e. The zero-order valence-corrected chi connectivity index (χ0v) is 14.8. The third kappa shape index (κ3) is 2.36. The van der Waals surface area contributed by atoms with Crippen molar-refractivity contribution in [3.05, 3.63) is 94.5 Å². The van der Waals surface area contributed by atoms with Crippen LogP contribution >= 0.6 is 11.6 Å². The molecule has 1 atom stereocenters. The van der Waals surface area contributed by atoms with Gasteiger partial charge in [-0.05, 0) is 63.6 Å². The molecule has 0 spiro atoms. The summed E-state index contributed by atoms with van der Waals surface area (Å²) in [7, 11) is 0. The van der Waals surface area contributed by atoms with Crippen LogP contribution in [0.2, 0.25) is 5.02 Å². The average molecular weight is 343 g/mol. The largest absolute Gasteiger partial charge is 0.0840 e. The van der Waals surface area contributed by atoms with Crippen molar-refractivity contribution in [2.45, 2.75) is 25.2 Å². The third-order valence-electron chi connectivity index (χ3n) is 5.65. The maximum atomic E-state index is 6.52. The smallest absolute Gasteiger partial charge is 0.0444 e. The molecule has 0 aromatic heterocycles. The van der Waals surface area contributed by atoms with E-state index in [0.717, 1.165) is 11.4 Å². The van der Waals surface area contributed by atoms with Crippen molar-refractivity contribution < 1.29 is 0 Å². The fourth-order valence-electron chi connectivity index (χ4n) is 4.49. The molecule has 4 aromatic carbocycles. The van der Waals surface area contributed by atoms with Gasteiger partial charge in [-0.25, -0.2) is 0 Å². The number of hydrogen-bond acceptors (Lipinski definition) is 0. The van der Waals surface area contributed by atoms with Crippen molar-refractivity contribution in [1.82, 2.24) is 0 Å². The van der Waals surface area contributed by atoms with E-state index in [2.05, 4.69) is 60.7 Å². The summed E-state index contributed by atoms with van der Waals surface area (Å²) in [5.41, 5.74) is 4.24. The minimum absolute atomic E-state index is 0.410. The molecule has 0 N–H and O–H groups in total. The molecule has 0 saturated heterocycles. The van der Waals surface area contributed by atoms with Gasteiger partial charge < -0.3 is 0 Å². The first kappa shape index (κ1) is 15.0. The molecule has 4 aromatic rings. The highest BCUT2D eigenvalue weighted by Crippen LogP contribution is 2.42. The predicted molar refractivity (Wildman–Crippen MR) is 108 cm³/mol. The normalized spacial score (nSPS) is 16.9. The van der Waals surface area contributed by atoms with E-state index in [0.29, 0.717) is 5.92 Å². The lowest BCUT2D eigenvalue weighted by Crippen LogP contribution is -2.12. The summed E-state index contributed by atoms with van der Waals surface area (Å²) in [5, 5.41) is 6.33. The van der Waals surface area contributed by atoms with Gasteiger partial charge in [0.05, 0.1) is 0 Å². The average Bonchev–Trinajstić information content (AvgIpc) is 2.67. The number of aryl methyl sites for hydroxylation is 1. The molecule has 25 heavy (non-hydrogen) atoms. The maximum Gasteiger partial charge on any atom is 0.0444 e. The first-order valence-electron chi connectivity index (χ1n) is 9.00. The van der Waals surface area contributed by atoms with Crippen LogP contribution in [0, 0.1) is 0 Å². The van der Waals surface area contributed by atoms with Crippen LogP contribution in [-0.2, 0) is 6.42 Å². The van der Waals surface area contributed by atoms with E-state index in [9.17, 15) is 0 Å². The van der Waals surface area contributed by atoms with Gasteiger partial charge in [0.15, 0.2) is 0 Å². The summed E-state index contributed by atoms with van der Waals surface area (Å²) >= 11 is 6.52. The molecule has 1 aliphatic rings. The van der Waals surface area contributed by atoms with Crippen molar-refractivity contribution in [2.24, 2.45) is 0 Å². The van der Waals surface area contributed by atoms with Crippen molar-refractivity contribution in [3.8, 4) is 0 Å². The van der Waals surface area contributed by atoms with Gasteiger partial charge in [-0.3, -0.25) is 0 Å². The Labute approximate surface area is 153 Å². The Balaban J connectivity index is 1.77. The van der Waals surface area contributed by atoms with Crippen LogP contribution in [0.25, 0.3) is 21.5 Å². The summed E-state index contributed by atoms with van der Waals surface area (Å²) in [6.45, 7) is 0. The van der Waals surface area contributed by atoms with E-state index in [4.69, 9.17) is 11.6 Å². The summed E-state index contributed by atoms with van der Waals surface area (Å²) in [6, 6.07) is 26.2. The topological polar surface area (TPSA) is 0 Å². The van der Waals surface area contributed by atoms with Crippen LogP contribution in [0.15, 0.2) is 72.8 Å². The van der Waals surface area contributed by atoms with Gasteiger partial charge in [0.1, 0.15) is 0 Å². The van der Waals surface area contributed by atoms with Crippen LogP contribution < -0.4 is 0 Å². The van der Waals surface area contributed by atoms with Gasteiger partial charge >= 0.3 is 0 Å². The summed E-state index contributed by atoms with van der Waals surface area (Å²) in [5.74, 6) is 0.410. The molecule has 1 heteroatoms. The lowest BCUT2D eigenvalue weighted by atomic mass is 9.77. The number of hydrogen-bond donors (Lipinski definition) is 0. The number of benzene rings is 4. The minimum atomic E-state index is 0.410. The molecule has 0 aliphatic heterocycles. The Kier molecular flexibility index (Phi) is 3.53. The van der Waals surface area contributed by atoms with Gasteiger partial charge in [0, 0.05) is 10.9 Å². The first-order chi connectivity index (χ1) is 12.3. The quantitative estimate of drug-likeness (QED) is 0.323. The fraction of sp³-hybridized carbons (Fsp3) is 0.167. The Morgan fingerprint density at radius 1 is 0.680 bits per heavy atom. The van der Waals surface area contributed by atoms with Crippen LogP contribution in [0.4, 0.5) is 0 Å². The molecule has 0 heterocycles. The van der Waals surface area contributed by atoms with Crippen LogP contribution in [0.1, 0.15) is 35.4 Å². The highest BCUT2D eigenvalue weighted by molar-refractivity contribution is 6.31. The van der Waals surface area contributed by atoms with Crippen LogP contribution in [0.3, 0.4) is 0 Å². The Hall–Kier alpha value is -2.31. The van der Waals surface area contributed by atoms with E-state index in [1.165, 1.54) is 51.1 Å². The molecule has 1 aliphatic carbocycles. The van der Waals surface area contributed by atoms with E-state index < -0.39 is 0 Å². The van der Waals surface area contributed by atoms with Crippen molar-refractivity contribution in [1.29, 1.82) is 0 Å². The third-order valence-corrected chi connectivity index (χ3v) is 5.99. The molecule has 0 nitrogen and oxygen atoms in total. The number of fused-ring (bicyclic) bond motifs is 5. The van der Waals surface area contributed by atoms with E-state index >= 15 is 0 Å². The molecular weight excluding hydrogens is 324 g/mol. The molecule has 122 valence electrons. The summed E-state index contributed by atoms with van der Waals surface area (Å²) in [6.07, 6.45) is 3.55. The van der Waals surface area contributed by atoms with E-state index in [1.807, 2.05) is 12.1 Å². The summed E-state index contributed by atoms with van der Waals surface area (Å²) < 4.78 is 0. The Morgan fingerprint density at radius 2 is 1.48 bits per heavy atom. The molecule has 0 fully saturated rings. The molecular formula is C24H19Cl. The number of rotatable bonds is 1. The van der Waals surface area contributed by atoms with Crippen molar-refractivity contribution in [2.75, 3.05) is 0 Å². The SMILES string of the molecule is Clc1ccccc1C1CCCc2c1ccc1c2ccc2ccccc21. The molecule has 0 bridgehead atoms. The van der Waals surface area contributed by atoms with Crippen LogP contribution in [0.5, 0.6) is 0 Å². The van der Waals surface area contributed by atoms with Crippen LogP contribution in [-0.4, -0.2) is 0 Å². The Morgan fingerprint density at radius 3 is 2.40 bits per heavy atom. The molecule has 1 unspecified atom stereocenters. The zero-order chi connectivity index (χ0) is 16.8. The monoisotopic (exact) mass is 342 g/mol. The highest BCUT2D eigenvalue weighted by Gasteiger charge is 2.24. The first-order valence-corrected chi connectivity index (χ1v) is 9.38. The predicted octanol–water partition coefficient (Wildman–Crippen LogP) is 7.11. The Bertz CT molecular complexity index is 1090. The molecule has 0 amide bonds. The molecule has 0 saturated carbocycles. The van der Waals surface area contributed by atoms with E-state index in [-0.39, 0.29) is 0 Å². The standard InChI is InChI=1S/C24H19Cl/c25-24-11-4-3-8-23(24)19-10-5-9-18-21-13-12-16-6-1-2-7-17(16)20(21)14-15-22(18)19/h1-4,6-8,11-15,19H,5,9-10H2. The molecule has 5 rings (SSSR count). The van der Waals surface area contributed by atoms with Gasteiger partial charge in [0.25, 0.3) is 0 Å². The maximum absolute atomic E-state index is 6.52. The lowest BCUT2D eigenvalue weighted by molar-refractivity contribution is 0.619. The second-order valence-corrected chi connectivity index (χ2v) is 7.39. The van der Waals surface area contributed by atoms with Crippen molar-refractivity contribution in [3.63, 3.8) is 0 Å². The van der Waals surface area contributed by atoms with Gasteiger partial charge in [0.2, 0.25) is 0 Å². The van der Waals surface area contributed by atoms with Gasteiger partial charge in [-0.2, -0.15) is 0 Å².